The molecular formula is C68H129NO18. The van der Waals surface area contributed by atoms with Crippen LogP contribution in [0.4, 0.5) is 0 Å². The van der Waals surface area contributed by atoms with Gasteiger partial charge in [0, 0.05) is 6.42 Å². The summed E-state index contributed by atoms with van der Waals surface area (Å²) in [5.41, 5.74) is 0. The molecule has 3 aliphatic heterocycles. The molecule has 0 aromatic heterocycles. The molecule has 0 spiro atoms. The third-order valence-electron chi connectivity index (χ3n) is 18.1. The first-order chi connectivity index (χ1) is 42.3. The second-order valence-corrected chi connectivity index (χ2v) is 25.7. The summed E-state index contributed by atoms with van der Waals surface area (Å²) in [4.78, 5) is 13.3. The molecule has 17 atom stereocenters. The number of carbonyl (C=O) groups excluding carboxylic acids is 1. The van der Waals surface area contributed by atoms with Gasteiger partial charge in [0.15, 0.2) is 18.9 Å². The Labute approximate surface area is 525 Å². The maximum atomic E-state index is 13.3. The van der Waals surface area contributed by atoms with Crippen LogP contribution in [-0.4, -0.2) is 193 Å². The molecule has 3 fully saturated rings. The van der Waals surface area contributed by atoms with E-state index in [2.05, 4.69) is 19.2 Å². The number of unbranched alkanes of at least 4 members (excludes halogenated alkanes) is 39. The van der Waals surface area contributed by atoms with Gasteiger partial charge in [-0.2, -0.15) is 0 Å². The van der Waals surface area contributed by atoms with Crippen LogP contribution in [0.25, 0.3) is 0 Å². The summed E-state index contributed by atoms with van der Waals surface area (Å²) in [6.45, 7) is 1.68. The van der Waals surface area contributed by atoms with Crippen LogP contribution in [0.3, 0.4) is 0 Å². The van der Waals surface area contributed by atoms with Crippen LogP contribution < -0.4 is 5.32 Å². The molecule has 19 heteroatoms. The van der Waals surface area contributed by atoms with E-state index in [1.807, 2.05) is 6.08 Å². The van der Waals surface area contributed by atoms with E-state index >= 15 is 0 Å². The molecule has 0 bridgehead atoms. The van der Waals surface area contributed by atoms with Crippen LogP contribution in [0.2, 0.25) is 0 Å². The van der Waals surface area contributed by atoms with Crippen LogP contribution in [-0.2, 0) is 33.2 Å². The van der Waals surface area contributed by atoms with Crippen molar-refractivity contribution in [3.05, 3.63) is 12.2 Å². The third-order valence-corrected chi connectivity index (χ3v) is 18.1. The van der Waals surface area contributed by atoms with Gasteiger partial charge in [0.1, 0.15) is 73.2 Å². The molecule has 3 aliphatic rings. The lowest BCUT2D eigenvalue weighted by Gasteiger charge is -2.48. The molecule has 0 radical (unpaired) electrons. The van der Waals surface area contributed by atoms with E-state index in [1.165, 1.54) is 199 Å². The van der Waals surface area contributed by atoms with E-state index in [0.29, 0.717) is 6.42 Å². The van der Waals surface area contributed by atoms with Crippen molar-refractivity contribution in [2.24, 2.45) is 0 Å². The first kappa shape index (κ1) is 79.8. The van der Waals surface area contributed by atoms with E-state index < -0.39 is 124 Å². The smallest absolute Gasteiger partial charge is 0.220 e. The summed E-state index contributed by atoms with van der Waals surface area (Å²) in [7, 11) is 0. The number of rotatable bonds is 55. The van der Waals surface area contributed by atoms with Crippen molar-refractivity contribution in [2.75, 3.05) is 26.4 Å². The van der Waals surface area contributed by atoms with Crippen LogP contribution in [0.15, 0.2) is 12.2 Å². The highest BCUT2D eigenvalue weighted by molar-refractivity contribution is 5.76. The zero-order chi connectivity index (χ0) is 63.3. The molecule has 0 aromatic carbocycles. The summed E-state index contributed by atoms with van der Waals surface area (Å²) in [5, 5.41) is 120. The van der Waals surface area contributed by atoms with Crippen LogP contribution in [0.5, 0.6) is 0 Å². The second-order valence-electron chi connectivity index (χ2n) is 25.7. The van der Waals surface area contributed by atoms with Crippen LogP contribution in [0.1, 0.15) is 284 Å². The number of aliphatic hydroxyl groups is 11. The molecule has 19 nitrogen and oxygen atoms in total. The van der Waals surface area contributed by atoms with Crippen molar-refractivity contribution >= 4 is 5.91 Å². The fourth-order valence-corrected chi connectivity index (χ4v) is 12.3. The van der Waals surface area contributed by atoms with Crippen molar-refractivity contribution in [1.82, 2.24) is 5.32 Å². The number of allylic oxidation sites excluding steroid dienone is 1. The Hall–Kier alpha value is -1.47. The predicted molar refractivity (Wildman–Crippen MR) is 337 cm³/mol. The average Bonchev–Trinajstić information content (AvgIpc) is 3.72. The van der Waals surface area contributed by atoms with Gasteiger partial charge in [0.2, 0.25) is 5.91 Å². The predicted octanol–water partition coefficient (Wildman–Crippen LogP) is 9.28. The minimum atomic E-state index is -1.97. The fraction of sp³-hybridized carbons (Fsp3) is 0.956. The normalized spacial score (nSPS) is 28.6. The standard InChI is InChI=1S/C68H129NO18/c1-3-5-7-9-11-12-13-14-15-16-17-18-19-20-21-22-23-24-25-26-27-28-29-30-31-32-33-34-35-36-37-38-40-42-44-46-56(74)69-51(52(73)45-43-41-39-10-8-6-4-2)50-82-66-62(80)59(77)64(54(48-71)84-66)87-68-63(81)60(78)65(55(49-72)85-68)86-67-61(79)58(76)57(75)53(47-70)83-67/h43,45,51-55,57-68,70-73,75-81H,3-42,44,46-50H2,1-2H3,(H,69,74)/b45-43+. The zero-order valence-electron chi connectivity index (χ0n) is 54.3. The summed E-state index contributed by atoms with van der Waals surface area (Å²) < 4.78 is 34.2. The van der Waals surface area contributed by atoms with Crippen molar-refractivity contribution in [2.45, 2.75) is 388 Å². The highest BCUT2D eigenvalue weighted by Gasteiger charge is 2.53. The van der Waals surface area contributed by atoms with Crippen molar-refractivity contribution in [3.63, 3.8) is 0 Å². The topological polar surface area (TPSA) is 307 Å². The lowest BCUT2D eigenvalue weighted by molar-refractivity contribution is -0.379. The Morgan fingerprint density at radius 3 is 1.08 bits per heavy atom. The van der Waals surface area contributed by atoms with Gasteiger partial charge in [-0.3, -0.25) is 4.79 Å². The van der Waals surface area contributed by atoms with Crippen LogP contribution in [0, 0.1) is 0 Å². The van der Waals surface area contributed by atoms with E-state index in [4.69, 9.17) is 28.4 Å². The van der Waals surface area contributed by atoms with Gasteiger partial charge < -0.3 is 89.9 Å². The fourth-order valence-electron chi connectivity index (χ4n) is 12.3. The van der Waals surface area contributed by atoms with Gasteiger partial charge in [-0.05, 0) is 19.3 Å². The first-order valence-corrected chi connectivity index (χ1v) is 35.4. The largest absolute Gasteiger partial charge is 0.394 e. The Morgan fingerprint density at radius 2 is 0.713 bits per heavy atom. The molecule has 3 heterocycles. The molecule has 0 aromatic rings. The van der Waals surface area contributed by atoms with Gasteiger partial charge in [0.05, 0.1) is 38.6 Å². The minimum absolute atomic E-state index is 0.248. The van der Waals surface area contributed by atoms with E-state index in [-0.39, 0.29) is 18.9 Å². The van der Waals surface area contributed by atoms with Gasteiger partial charge in [-0.15, -0.1) is 0 Å². The number of hydrogen-bond donors (Lipinski definition) is 12. The highest BCUT2D eigenvalue weighted by Crippen LogP contribution is 2.33. The molecule has 12 N–H and O–H groups in total. The van der Waals surface area contributed by atoms with Gasteiger partial charge >= 0.3 is 0 Å². The molecular weight excluding hydrogens is 1120 g/mol. The Morgan fingerprint density at radius 1 is 0.402 bits per heavy atom. The SMILES string of the molecule is CCCCCCC/C=C/C(O)C(COC1OC(CO)C(OC2OC(CO)C(OC3OC(CO)C(O)C(O)C3O)C(O)C2O)C(O)C1O)NC(=O)CCCCCCCCCCCCCCCCCCCCCCCCCCCCCCCCCCCCC. The van der Waals surface area contributed by atoms with Crippen LogP contribution >= 0.6 is 0 Å². The first-order valence-electron chi connectivity index (χ1n) is 35.4. The quantitative estimate of drug-likeness (QED) is 0.0199. The molecule has 0 aliphatic carbocycles. The maximum absolute atomic E-state index is 13.3. The van der Waals surface area contributed by atoms with Gasteiger partial charge in [0.25, 0.3) is 0 Å². The molecule has 3 saturated heterocycles. The van der Waals surface area contributed by atoms with Crippen molar-refractivity contribution in [1.29, 1.82) is 0 Å². The minimum Gasteiger partial charge on any atom is -0.394 e. The van der Waals surface area contributed by atoms with E-state index in [0.717, 1.165) is 57.8 Å². The second kappa shape index (κ2) is 51.0. The average molecular weight is 1250 g/mol. The lowest BCUT2D eigenvalue weighted by atomic mass is 9.96. The Kier molecular flexibility index (Phi) is 46.8. The number of aliphatic hydroxyl groups excluding tert-OH is 11. The van der Waals surface area contributed by atoms with E-state index in [1.54, 1.807) is 6.08 Å². The van der Waals surface area contributed by atoms with Gasteiger partial charge in [-0.25, -0.2) is 0 Å². The Bertz CT molecular complexity index is 1630. The molecule has 17 unspecified atom stereocenters. The molecule has 3 rings (SSSR count). The molecule has 1 amide bonds. The number of hydrogen-bond acceptors (Lipinski definition) is 18. The van der Waals surface area contributed by atoms with Crippen molar-refractivity contribution in [3.8, 4) is 0 Å². The summed E-state index contributed by atoms with van der Waals surface area (Å²) in [6.07, 6.45) is 30.0. The zero-order valence-corrected chi connectivity index (χ0v) is 54.3. The number of amides is 1. The molecule has 0 saturated carbocycles. The molecule has 87 heavy (non-hydrogen) atoms. The monoisotopic (exact) mass is 1250 g/mol. The summed E-state index contributed by atoms with van der Waals surface area (Å²) >= 11 is 0. The third kappa shape index (κ3) is 33.3. The highest BCUT2D eigenvalue weighted by atomic mass is 16.8. The number of carbonyl (C=O) groups is 1. The summed E-state index contributed by atoms with van der Waals surface area (Å²) in [5.74, 6) is -0.274. The van der Waals surface area contributed by atoms with Crippen molar-refractivity contribution < 1.29 is 89.4 Å². The summed E-state index contributed by atoms with van der Waals surface area (Å²) in [6, 6.07) is -0.966. The molecule has 514 valence electrons. The number of ether oxygens (including phenoxy) is 6. The lowest BCUT2D eigenvalue weighted by Crippen LogP contribution is -2.66. The van der Waals surface area contributed by atoms with Gasteiger partial charge in [-0.1, -0.05) is 270 Å². The number of nitrogens with one attached hydrogen (secondary N) is 1. The maximum Gasteiger partial charge on any atom is 0.220 e. The Balaban J connectivity index is 1.26. The van der Waals surface area contributed by atoms with E-state index in [9.17, 15) is 61.0 Å².